The average Bonchev–Trinajstić information content (AvgIpc) is 3.28. The second-order valence-electron chi connectivity index (χ2n) is 7.43. The molecule has 1 N–H and O–H groups in total. The van der Waals surface area contributed by atoms with Gasteiger partial charge in [-0.2, -0.15) is 0 Å². The van der Waals surface area contributed by atoms with E-state index in [2.05, 4.69) is 12.2 Å². The minimum atomic E-state index is -0.653. The molecule has 0 aromatic carbocycles. The van der Waals surface area contributed by atoms with E-state index in [1.807, 2.05) is 18.7 Å². The van der Waals surface area contributed by atoms with Crippen LogP contribution in [-0.4, -0.2) is 34.3 Å². The second-order valence-corrected chi connectivity index (χ2v) is 7.43. The summed E-state index contributed by atoms with van der Waals surface area (Å²) in [5.74, 6) is 1.08. The summed E-state index contributed by atoms with van der Waals surface area (Å²) in [5, 5.41) is 3.06. The Kier molecular flexibility index (Phi) is 3.74. The first kappa shape index (κ1) is 14.9. The Bertz CT molecular complexity index is 446. The molecule has 118 valence electrons. The van der Waals surface area contributed by atoms with E-state index in [1.165, 1.54) is 19.3 Å². The Morgan fingerprint density at radius 1 is 1.19 bits per heavy atom. The molecule has 3 rings (SSSR count). The summed E-state index contributed by atoms with van der Waals surface area (Å²) in [5.41, 5.74) is -0.653. The van der Waals surface area contributed by atoms with Gasteiger partial charge in [0.2, 0.25) is 11.8 Å². The van der Waals surface area contributed by atoms with Crippen molar-refractivity contribution >= 4 is 11.8 Å². The highest BCUT2D eigenvalue weighted by Gasteiger charge is 2.56. The van der Waals surface area contributed by atoms with Crippen molar-refractivity contribution in [2.75, 3.05) is 0 Å². The van der Waals surface area contributed by atoms with Crippen molar-refractivity contribution in [3.05, 3.63) is 0 Å². The van der Waals surface area contributed by atoms with Crippen molar-refractivity contribution in [1.29, 1.82) is 0 Å². The van der Waals surface area contributed by atoms with Crippen molar-refractivity contribution in [2.24, 2.45) is 11.8 Å². The van der Waals surface area contributed by atoms with E-state index in [0.717, 1.165) is 19.3 Å². The number of piperazine rings is 1. The number of rotatable bonds is 3. The van der Waals surface area contributed by atoms with Gasteiger partial charge in [0, 0.05) is 6.04 Å². The number of nitrogens with zero attached hydrogens (tertiary/aromatic N) is 1. The first-order valence-corrected chi connectivity index (χ1v) is 8.63. The molecule has 0 radical (unpaired) electrons. The van der Waals surface area contributed by atoms with Gasteiger partial charge in [-0.05, 0) is 50.9 Å². The van der Waals surface area contributed by atoms with Crippen LogP contribution in [0.3, 0.4) is 0 Å². The standard InChI is InChI=1S/C17H28N2O2/c1-4-13-15(20)18-17(3,12-9-10-12)16(21)19(13)14-8-6-5-7-11(14)2/h11-14H,4-10H2,1-3H3,(H,18,20). The summed E-state index contributed by atoms with van der Waals surface area (Å²) in [6, 6.07) is -0.0183. The lowest BCUT2D eigenvalue weighted by atomic mass is 9.80. The van der Waals surface area contributed by atoms with Gasteiger partial charge in [0.05, 0.1) is 0 Å². The summed E-state index contributed by atoms with van der Waals surface area (Å²) >= 11 is 0. The predicted molar refractivity (Wildman–Crippen MR) is 81.6 cm³/mol. The third-order valence-corrected chi connectivity index (χ3v) is 5.90. The summed E-state index contributed by atoms with van der Waals surface area (Å²) in [7, 11) is 0. The van der Waals surface area contributed by atoms with E-state index < -0.39 is 5.54 Å². The zero-order chi connectivity index (χ0) is 15.2. The maximum Gasteiger partial charge on any atom is 0.249 e. The highest BCUT2D eigenvalue weighted by atomic mass is 16.2. The van der Waals surface area contributed by atoms with E-state index in [0.29, 0.717) is 18.3 Å². The van der Waals surface area contributed by atoms with Crippen LogP contribution in [0, 0.1) is 11.8 Å². The van der Waals surface area contributed by atoms with Crippen molar-refractivity contribution in [1.82, 2.24) is 10.2 Å². The highest BCUT2D eigenvalue weighted by Crippen LogP contribution is 2.44. The molecule has 1 saturated heterocycles. The molecule has 1 heterocycles. The molecular weight excluding hydrogens is 264 g/mol. The zero-order valence-electron chi connectivity index (χ0n) is 13.5. The smallest absolute Gasteiger partial charge is 0.249 e. The third-order valence-electron chi connectivity index (χ3n) is 5.90. The van der Waals surface area contributed by atoms with Gasteiger partial charge in [-0.1, -0.05) is 26.7 Å². The van der Waals surface area contributed by atoms with E-state index in [1.54, 1.807) is 0 Å². The molecule has 3 aliphatic rings. The van der Waals surface area contributed by atoms with Gasteiger partial charge in [-0.15, -0.1) is 0 Å². The van der Waals surface area contributed by atoms with Crippen molar-refractivity contribution < 1.29 is 9.59 Å². The summed E-state index contributed by atoms with van der Waals surface area (Å²) in [4.78, 5) is 27.8. The maximum atomic E-state index is 13.2. The number of hydrogen-bond donors (Lipinski definition) is 1. The van der Waals surface area contributed by atoms with E-state index in [4.69, 9.17) is 0 Å². The molecule has 3 fully saturated rings. The van der Waals surface area contributed by atoms with Crippen molar-refractivity contribution in [2.45, 2.75) is 83.3 Å². The fraction of sp³-hybridized carbons (Fsp3) is 0.882. The largest absolute Gasteiger partial charge is 0.340 e. The fourth-order valence-corrected chi connectivity index (χ4v) is 4.34. The molecule has 0 aromatic heterocycles. The lowest BCUT2D eigenvalue weighted by Gasteiger charge is -2.50. The molecule has 4 nitrogen and oxygen atoms in total. The lowest BCUT2D eigenvalue weighted by Crippen LogP contribution is -2.72. The summed E-state index contributed by atoms with van der Waals surface area (Å²) in [6.07, 6.45) is 7.49. The quantitative estimate of drug-likeness (QED) is 0.868. The van der Waals surface area contributed by atoms with Gasteiger partial charge in [-0.25, -0.2) is 0 Å². The normalized spacial score (nSPS) is 41.1. The van der Waals surface area contributed by atoms with Gasteiger partial charge in [0.1, 0.15) is 11.6 Å². The van der Waals surface area contributed by atoms with Gasteiger partial charge < -0.3 is 10.2 Å². The molecule has 21 heavy (non-hydrogen) atoms. The van der Waals surface area contributed by atoms with Crippen LogP contribution in [0.2, 0.25) is 0 Å². The number of carbonyl (C=O) groups is 2. The molecule has 4 heteroatoms. The Morgan fingerprint density at radius 2 is 1.86 bits per heavy atom. The Labute approximate surface area is 127 Å². The van der Waals surface area contributed by atoms with Crippen molar-refractivity contribution in [3.63, 3.8) is 0 Å². The molecule has 2 aliphatic carbocycles. The Balaban J connectivity index is 1.92. The van der Waals surface area contributed by atoms with Crippen LogP contribution in [0.4, 0.5) is 0 Å². The number of carbonyl (C=O) groups excluding carboxylic acids is 2. The molecule has 4 atom stereocenters. The highest BCUT2D eigenvalue weighted by molar-refractivity contribution is 6.00. The van der Waals surface area contributed by atoms with E-state index in [9.17, 15) is 9.59 Å². The fourth-order valence-electron chi connectivity index (χ4n) is 4.34. The van der Waals surface area contributed by atoms with Crippen LogP contribution >= 0.6 is 0 Å². The minimum absolute atomic E-state index is 0.0595. The molecular formula is C17H28N2O2. The zero-order valence-corrected chi connectivity index (χ0v) is 13.5. The molecule has 2 saturated carbocycles. The maximum absolute atomic E-state index is 13.2. The number of amides is 2. The topological polar surface area (TPSA) is 49.4 Å². The van der Waals surface area contributed by atoms with Crippen LogP contribution in [0.15, 0.2) is 0 Å². The summed E-state index contributed by atoms with van der Waals surface area (Å²) in [6.45, 7) is 6.19. The third kappa shape index (κ3) is 2.36. The van der Waals surface area contributed by atoms with Gasteiger partial charge in [-0.3, -0.25) is 9.59 Å². The monoisotopic (exact) mass is 292 g/mol. The molecule has 4 unspecified atom stereocenters. The lowest BCUT2D eigenvalue weighted by molar-refractivity contribution is -0.160. The van der Waals surface area contributed by atoms with Crippen LogP contribution in [-0.2, 0) is 9.59 Å². The minimum Gasteiger partial charge on any atom is -0.340 e. The molecule has 0 bridgehead atoms. The first-order valence-electron chi connectivity index (χ1n) is 8.63. The second kappa shape index (κ2) is 5.29. The molecule has 0 aromatic rings. The van der Waals surface area contributed by atoms with Crippen LogP contribution < -0.4 is 5.32 Å². The van der Waals surface area contributed by atoms with E-state index in [-0.39, 0.29) is 23.9 Å². The average molecular weight is 292 g/mol. The SMILES string of the molecule is CCC1C(=O)NC(C)(C2CC2)C(=O)N1C1CCCCC1C. The number of nitrogens with one attached hydrogen (secondary N) is 1. The van der Waals surface area contributed by atoms with Crippen LogP contribution in [0.5, 0.6) is 0 Å². The van der Waals surface area contributed by atoms with Gasteiger partial charge in [0.25, 0.3) is 0 Å². The van der Waals surface area contributed by atoms with E-state index >= 15 is 0 Å². The molecule has 1 aliphatic heterocycles. The van der Waals surface area contributed by atoms with Crippen molar-refractivity contribution in [3.8, 4) is 0 Å². The summed E-state index contributed by atoms with van der Waals surface area (Å²) < 4.78 is 0. The predicted octanol–water partition coefficient (Wildman–Crippen LogP) is 2.47. The number of hydrogen-bond acceptors (Lipinski definition) is 2. The van der Waals surface area contributed by atoms with Gasteiger partial charge in [0.15, 0.2) is 0 Å². The first-order chi connectivity index (χ1) is 9.99. The Hall–Kier alpha value is -1.06. The van der Waals surface area contributed by atoms with Gasteiger partial charge >= 0.3 is 0 Å². The molecule has 2 amide bonds. The Morgan fingerprint density at radius 3 is 2.43 bits per heavy atom. The van der Waals surface area contributed by atoms with Crippen LogP contribution in [0.1, 0.15) is 65.7 Å². The van der Waals surface area contributed by atoms with Crippen LogP contribution in [0.25, 0.3) is 0 Å². The molecule has 0 spiro atoms.